The fourth-order valence-electron chi connectivity index (χ4n) is 1.58. The molecule has 2 rings (SSSR count). The van der Waals surface area contributed by atoms with E-state index in [0.29, 0.717) is 11.4 Å². The number of benzene rings is 1. The average Bonchev–Trinajstić information content (AvgIpc) is 2.34. The van der Waals surface area contributed by atoms with Gasteiger partial charge in [0.05, 0.1) is 11.1 Å². The van der Waals surface area contributed by atoms with Gasteiger partial charge in [-0.1, -0.05) is 23.7 Å². The molecule has 0 spiro atoms. The Balaban J connectivity index is 2.14. The molecule has 0 fully saturated rings. The number of hydrogen-bond acceptors (Lipinski definition) is 2. The molecule has 0 aliphatic rings. The first-order chi connectivity index (χ1) is 8.16. The van der Waals surface area contributed by atoms with E-state index in [9.17, 15) is 5.11 Å². The molecule has 0 aliphatic heterocycles. The van der Waals surface area contributed by atoms with Crippen LogP contribution >= 0.6 is 27.5 Å². The molecule has 1 unspecified atom stereocenters. The topological polar surface area (TPSA) is 33.1 Å². The van der Waals surface area contributed by atoms with Crippen molar-refractivity contribution in [3.05, 3.63) is 63.3 Å². The zero-order valence-corrected chi connectivity index (χ0v) is 11.3. The molecule has 17 heavy (non-hydrogen) atoms. The highest BCUT2D eigenvalue weighted by Gasteiger charge is 2.10. The third-order valence-electron chi connectivity index (χ3n) is 2.48. The van der Waals surface area contributed by atoms with Crippen molar-refractivity contribution in [3.8, 4) is 0 Å². The number of aromatic nitrogens is 1. The molecule has 2 nitrogen and oxygen atoms in total. The van der Waals surface area contributed by atoms with Crippen molar-refractivity contribution < 1.29 is 5.11 Å². The maximum Gasteiger partial charge on any atom is 0.0831 e. The van der Waals surface area contributed by atoms with Gasteiger partial charge in [-0.05, 0) is 45.3 Å². The summed E-state index contributed by atoms with van der Waals surface area (Å²) in [7, 11) is 0. The third-order valence-corrected chi connectivity index (χ3v) is 3.71. The van der Waals surface area contributed by atoms with Crippen LogP contribution in [-0.4, -0.2) is 10.1 Å². The van der Waals surface area contributed by atoms with Gasteiger partial charge in [0.2, 0.25) is 0 Å². The molecule has 0 saturated carbocycles. The molecular weight excluding hydrogens is 302 g/mol. The second kappa shape index (κ2) is 5.63. The molecule has 0 radical (unpaired) electrons. The fraction of sp³-hybridized carbons (Fsp3) is 0.154. The van der Waals surface area contributed by atoms with Crippen molar-refractivity contribution in [1.82, 2.24) is 4.98 Å². The molecule has 1 aromatic heterocycles. The molecule has 1 heterocycles. The lowest BCUT2D eigenvalue weighted by Crippen LogP contribution is -2.02. The van der Waals surface area contributed by atoms with Crippen molar-refractivity contribution >= 4 is 27.5 Å². The van der Waals surface area contributed by atoms with Gasteiger partial charge < -0.3 is 5.11 Å². The second-order valence-electron chi connectivity index (χ2n) is 3.75. The van der Waals surface area contributed by atoms with E-state index in [4.69, 9.17) is 11.6 Å². The number of rotatable bonds is 3. The highest BCUT2D eigenvalue weighted by atomic mass is 79.9. The van der Waals surface area contributed by atoms with E-state index < -0.39 is 6.10 Å². The van der Waals surface area contributed by atoms with E-state index in [1.807, 2.05) is 24.3 Å². The monoisotopic (exact) mass is 311 g/mol. The number of halogens is 2. The van der Waals surface area contributed by atoms with Crippen LogP contribution in [0.5, 0.6) is 0 Å². The average molecular weight is 313 g/mol. The number of aliphatic hydroxyl groups is 1. The van der Waals surface area contributed by atoms with Gasteiger partial charge in [-0.25, -0.2) is 0 Å². The molecule has 1 atom stereocenters. The zero-order valence-electron chi connectivity index (χ0n) is 8.98. The summed E-state index contributed by atoms with van der Waals surface area (Å²) in [5.41, 5.74) is 1.81. The molecular formula is C13H11BrClNO. The summed E-state index contributed by atoms with van der Waals surface area (Å²) in [5, 5.41) is 10.7. The Morgan fingerprint density at radius 1 is 1.35 bits per heavy atom. The highest BCUT2D eigenvalue weighted by Crippen LogP contribution is 2.27. The van der Waals surface area contributed by atoms with Crippen molar-refractivity contribution in [3.63, 3.8) is 0 Å². The van der Waals surface area contributed by atoms with Crippen molar-refractivity contribution in [1.29, 1.82) is 0 Å². The quantitative estimate of drug-likeness (QED) is 0.936. The molecule has 0 aliphatic carbocycles. The highest BCUT2D eigenvalue weighted by molar-refractivity contribution is 9.10. The maximum absolute atomic E-state index is 10.1. The number of hydrogen-bond donors (Lipinski definition) is 1. The van der Waals surface area contributed by atoms with Crippen LogP contribution in [0, 0.1) is 0 Å². The summed E-state index contributed by atoms with van der Waals surface area (Å²) in [4.78, 5) is 4.02. The van der Waals surface area contributed by atoms with E-state index in [1.54, 1.807) is 18.5 Å². The normalized spacial score (nSPS) is 12.4. The molecule has 2 aromatic rings. The van der Waals surface area contributed by atoms with Crippen LogP contribution in [0.1, 0.15) is 17.2 Å². The first-order valence-corrected chi connectivity index (χ1v) is 6.36. The van der Waals surface area contributed by atoms with Crippen LogP contribution in [0.2, 0.25) is 5.02 Å². The minimum absolute atomic E-state index is 0.534. The van der Waals surface area contributed by atoms with Gasteiger partial charge >= 0.3 is 0 Å². The Morgan fingerprint density at radius 3 is 2.82 bits per heavy atom. The van der Waals surface area contributed by atoms with Gasteiger partial charge in [0, 0.05) is 23.3 Å². The summed E-state index contributed by atoms with van der Waals surface area (Å²) < 4.78 is 0.830. The predicted octanol–water partition coefficient (Wildman–Crippen LogP) is 3.77. The van der Waals surface area contributed by atoms with Crippen LogP contribution in [0.25, 0.3) is 0 Å². The molecule has 88 valence electrons. The summed E-state index contributed by atoms with van der Waals surface area (Å²) in [5.74, 6) is 0. The molecule has 1 aromatic carbocycles. The number of pyridine rings is 1. The lowest BCUT2D eigenvalue weighted by Gasteiger charge is -2.11. The van der Waals surface area contributed by atoms with E-state index >= 15 is 0 Å². The Morgan fingerprint density at radius 2 is 2.18 bits per heavy atom. The largest absolute Gasteiger partial charge is 0.388 e. The van der Waals surface area contributed by atoms with Crippen LogP contribution in [0.4, 0.5) is 0 Å². The van der Waals surface area contributed by atoms with Crippen molar-refractivity contribution in [2.24, 2.45) is 0 Å². The SMILES string of the molecule is OC(Cc1cccnc1)c1ccc(Br)c(Cl)c1. The first kappa shape index (κ1) is 12.6. The van der Waals surface area contributed by atoms with Crippen LogP contribution in [0.3, 0.4) is 0 Å². The fourth-order valence-corrected chi connectivity index (χ4v) is 2.02. The predicted molar refractivity (Wildman–Crippen MR) is 72.1 cm³/mol. The van der Waals surface area contributed by atoms with Crippen LogP contribution in [0.15, 0.2) is 47.2 Å². The van der Waals surface area contributed by atoms with Gasteiger partial charge in [-0.3, -0.25) is 4.98 Å². The van der Waals surface area contributed by atoms with Gasteiger partial charge in [-0.15, -0.1) is 0 Å². The first-order valence-electron chi connectivity index (χ1n) is 5.19. The summed E-state index contributed by atoms with van der Waals surface area (Å²) >= 11 is 9.31. The smallest absolute Gasteiger partial charge is 0.0831 e. The minimum Gasteiger partial charge on any atom is -0.388 e. The molecule has 1 N–H and O–H groups in total. The molecule has 0 bridgehead atoms. The number of nitrogens with zero attached hydrogens (tertiary/aromatic N) is 1. The maximum atomic E-state index is 10.1. The Bertz CT molecular complexity index is 504. The standard InChI is InChI=1S/C13H11BrClNO/c14-11-4-3-10(7-12(11)15)13(17)6-9-2-1-5-16-8-9/h1-5,7-8,13,17H,6H2. The van der Waals surface area contributed by atoms with Crippen molar-refractivity contribution in [2.45, 2.75) is 12.5 Å². The van der Waals surface area contributed by atoms with Gasteiger partial charge in [0.15, 0.2) is 0 Å². The zero-order chi connectivity index (χ0) is 12.3. The lowest BCUT2D eigenvalue weighted by atomic mass is 10.0. The Labute approximate surface area is 113 Å². The van der Waals surface area contributed by atoms with E-state index in [2.05, 4.69) is 20.9 Å². The van der Waals surface area contributed by atoms with Gasteiger partial charge in [0.25, 0.3) is 0 Å². The Kier molecular flexibility index (Phi) is 4.15. The number of aliphatic hydroxyl groups excluding tert-OH is 1. The van der Waals surface area contributed by atoms with Crippen molar-refractivity contribution in [2.75, 3.05) is 0 Å². The summed E-state index contributed by atoms with van der Waals surface area (Å²) in [6, 6.07) is 9.26. The molecule has 0 amide bonds. The van der Waals surface area contributed by atoms with E-state index in [-0.39, 0.29) is 0 Å². The second-order valence-corrected chi connectivity index (χ2v) is 5.02. The van der Waals surface area contributed by atoms with Gasteiger partial charge in [-0.2, -0.15) is 0 Å². The van der Waals surface area contributed by atoms with E-state index in [0.717, 1.165) is 15.6 Å². The van der Waals surface area contributed by atoms with Crippen LogP contribution < -0.4 is 0 Å². The van der Waals surface area contributed by atoms with E-state index in [1.165, 1.54) is 0 Å². The molecule has 0 saturated heterocycles. The third kappa shape index (κ3) is 3.28. The lowest BCUT2D eigenvalue weighted by molar-refractivity contribution is 0.178. The minimum atomic E-state index is -0.565. The Hall–Kier alpha value is -0.900. The molecule has 4 heteroatoms. The summed E-state index contributed by atoms with van der Waals surface area (Å²) in [6.07, 6.45) is 3.44. The van der Waals surface area contributed by atoms with Gasteiger partial charge in [0.1, 0.15) is 0 Å². The summed E-state index contributed by atoms with van der Waals surface area (Å²) in [6.45, 7) is 0. The van der Waals surface area contributed by atoms with Crippen LogP contribution in [-0.2, 0) is 6.42 Å².